The Kier molecular flexibility index (Phi) is 4.15. The van der Waals surface area contributed by atoms with Crippen molar-refractivity contribution >= 4 is 56.8 Å². The summed E-state index contributed by atoms with van der Waals surface area (Å²) in [5.41, 5.74) is -2.42. The monoisotopic (exact) mass is 513 g/mol. The van der Waals surface area contributed by atoms with Crippen LogP contribution in [0.3, 0.4) is 0 Å². The third-order valence-electron chi connectivity index (χ3n) is 6.29. The first kappa shape index (κ1) is 21.0. The molecule has 162 valence electrons. The lowest BCUT2D eigenvalue weighted by Gasteiger charge is -2.24. The summed E-state index contributed by atoms with van der Waals surface area (Å²) in [5.74, 6) is -2.21. The van der Waals surface area contributed by atoms with E-state index in [0.717, 1.165) is 4.90 Å². The number of halogens is 2. The predicted molar refractivity (Wildman–Crippen MR) is 120 cm³/mol. The molecule has 3 aliphatic rings. The second-order valence-electron chi connectivity index (χ2n) is 9.08. The summed E-state index contributed by atoms with van der Waals surface area (Å²) in [5, 5.41) is 13.2. The summed E-state index contributed by atoms with van der Waals surface area (Å²) < 4.78 is 6.13. The Morgan fingerprint density at radius 3 is 2.62 bits per heavy atom. The van der Waals surface area contributed by atoms with Crippen LogP contribution in [0, 0.1) is 17.2 Å². The predicted octanol–water partition coefficient (Wildman–Crippen LogP) is 4.67. The van der Waals surface area contributed by atoms with Crippen molar-refractivity contribution < 1.29 is 19.1 Å². The van der Waals surface area contributed by atoms with Crippen LogP contribution in [0.2, 0.25) is 5.02 Å². The summed E-state index contributed by atoms with van der Waals surface area (Å²) in [7, 11) is 0. The van der Waals surface area contributed by atoms with Crippen molar-refractivity contribution in [2.24, 2.45) is 5.92 Å². The molecule has 1 aliphatic carbocycles. The molecule has 0 radical (unpaired) electrons. The summed E-state index contributed by atoms with van der Waals surface area (Å²) in [6, 6.07) is 12.1. The van der Waals surface area contributed by atoms with E-state index in [1.165, 1.54) is 0 Å². The molecule has 5 rings (SSSR count). The van der Waals surface area contributed by atoms with E-state index in [0.29, 0.717) is 21.3 Å². The van der Waals surface area contributed by atoms with Crippen molar-refractivity contribution in [3.05, 3.63) is 57.0 Å². The van der Waals surface area contributed by atoms with Gasteiger partial charge in [0.2, 0.25) is 11.8 Å². The van der Waals surface area contributed by atoms with E-state index in [4.69, 9.17) is 16.3 Å². The summed E-state index contributed by atoms with van der Waals surface area (Å²) in [6.45, 7) is 5.09. The van der Waals surface area contributed by atoms with Gasteiger partial charge in [-0.3, -0.25) is 9.59 Å². The molecule has 2 spiro atoms. The Bertz CT molecular complexity index is 1300. The van der Waals surface area contributed by atoms with Crippen LogP contribution in [0.5, 0.6) is 0 Å². The fraction of sp³-hybridized carbons (Fsp3) is 0.304. The van der Waals surface area contributed by atoms with E-state index in [2.05, 4.69) is 27.3 Å². The third-order valence-corrected chi connectivity index (χ3v) is 7.10. The van der Waals surface area contributed by atoms with E-state index < -0.39 is 40.3 Å². The van der Waals surface area contributed by atoms with Crippen LogP contribution in [-0.2, 0) is 25.2 Å². The Labute approximate surface area is 197 Å². The number of rotatable bonds is 0. The van der Waals surface area contributed by atoms with Crippen LogP contribution in [0.25, 0.3) is 0 Å². The molecular formula is C23H17BrClN3O4. The molecule has 3 amide bonds. The first-order valence-electron chi connectivity index (χ1n) is 9.89. The van der Waals surface area contributed by atoms with Gasteiger partial charge in [-0.15, -0.1) is 0 Å². The lowest BCUT2D eigenvalue weighted by atomic mass is 9.83. The standard InChI is InChI=1S/C23H17BrClN3O4/c1-21(2,3)32-20(31)28-15-8-7-11(24)9-12(15)22(19(28)30)16(10-26)23(22)17-13(25)5-4-6-14(17)27-18(23)29/h4-9,16H,1-3H3,(H,27,29)/t16-,22+,23-/m0/s1. The van der Waals surface area contributed by atoms with E-state index >= 15 is 0 Å². The molecule has 0 saturated heterocycles. The van der Waals surface area contributed by atoms with Crippen LogP contribution in [0.15, 0.2) is 40.9 Å². The van der Waals surface area contributed by atoms with E-state index in [9.17, 15) is 19.6 Å². The number of hydrogen-bond donors (Lipinski definition) is 1. The highest BCUT2D eigenvalue weighted by molar-refractivity contribution is 9.10. The highest BCUT2D eigenvalue weighted by atomic mass is 79.9. The minimum absolute atomic E-state index is 0.276. The fourth-order valence-corrected chi connectivity index (χ4v) is 5.94. The molecule has 9 heteroatoms. The van der Waals surface area contributed by atoms with Crippen LogP contribution in [-0.4, -0.2) is 23.5 Å². The molecule has 3 atom stereocenters. The van der Waals surface area contributed by atoms with Gasteiger partial charge < -0.3 is 10.1 Å². The van der Waals surface area contributed by atoms with Gasteiger partial charge in [-0.25, -0.2) is 9.69 Å². The molecule has 1 saturated carbocycles. The summed E-state index contributed by atoms with van der Waals surface area (Å²) in [4.78, 5) is 41.5. The number of ether oxygens (including phenoxy) is 1. The number of benzene rings is 2. The molecule has 1 N–H and O–H groups in total. The number of nitriles is 1. The van der Waals surface area contributed by atoms with Crippen LogP contribution in [0.1, 0.15) is 31.9 Å². The van der Waals surface area contributed by atoms with Gasteiger partial charge in [0, 0.05) is 20.7 Å². The number of anilines is 2. The summed E-state index contributed by atoms with van der Waals surface area (Å²) in [6.07, 6.45) is -0.862. The Morgan fingerprint density at radius 2 is 1.97 bits per heavy atom. The maximum Gasteiger partial charge on any atom is 0.421 e. The molecule has 0 aromatic heterocycles. The van der Waals surface area contributed by atoms with E-state index in [-0.39, 0.29) is 10.7 Å². The Hall–Kier alpha value is -2.89. The first-order valence-corrected chi connectivity index (χ1v) is 11.1. The number of nitrogens with one attached hydrogen (secondary N) is 1. The van der Waals surface area contributed by atoms with Gasteiger partial charge in [0.05, 0.1) is 17.7 Å². The zero-order valence-electron chi connectivity index (χ0n) is 17.3. The van der Waals surface area contributed by atoms with Crippen molar-refractivity contribution in [2.75, 3.05) is 10.2 Å². The highest BCUT2D eigenvalue weighted by Gasteiger charge is 2.91. The molecule has 2 heterocycles. The zero-order chi connectivity index (χ0) is 23.2. The Balaban J connectivity index is 1.79. The number of carbonyl (C=O) groups excluding carboxylic acids is 3. The maximum atomic E-state index is 14.0. The quantitative estimate of drug-likeness (QED) is 0.551. The number of fused-ring (bicyclic) bond motifs is 5. The second-order valence-corrected chi connectivity index (χ2v) is 10.4. The van der Waals surface area contributed by atoms with Gasteiger partial charge >= 0.3 is 6.09 Å². The number of amides is 3. The second kappa shape index (κ2) is 6.33. The van der Waals surface area contributed by atoms with Gasteiger partial charge in [0.1, 0.15) is 16.4 Å². The van der Waals surface area contributed by atoms with Crippen LogP contribution < -0.4 is 10.2 Å². The van der Waals surface area contributed by atoms with Gasteiger partial charge in [-0.2, -0.15) is 5.26 Å². The maximum absolute atomic E-state index is 14.0. The first-order chi connectivity index (χ1) is 15.0. The number of nitrogens with zero attached hydrogens (tertiary/aromatic N) is 2. The SMILES string of the molecule is CC(C)(C)OC(=O)N1C(=O)[C@@]2(c3cc(Br)ccc31)[C@H](C#N)[C@]21C(=O)Nc2cccc(Cl)c21. The molecule has 0 unspecified atom stereocenters. The molecule has 2 aliphatic heterocycles. The molecule has 2 aromatic carbocycles. The van der Waals surface area contributed by atoms with Crippen molar-refractivity contribution in [1.29, 1.82) is 5.26 Å². The van der Waals surface area contributed by atoms with Crippen molar-refractivity contribution in [2.45, 2.75) is 37.2 Å². The molecule has 7 nitrogen and oxygen atoms in total. The number of carbonyl (C=O) groups is 3. The highest BCUT2D eigenvalue weighted by Crippen LogP contribution is 2.77. The largest absolute Gasteiger partial charge is 0.443 e. The topological polar surface area (TPSA) is 99.5 Å². The normalized spacial score (nSPS) is 27.2. The van der Waals surface area contributed by atoms with Crippen molar-refractivity contribution in [3.8, 4) is 6.07 Å². The minimum atomic E-state index is -1.60. The van der Waals surface area contributed by atoms with E-state index in [1.807, 2.05) is 0 Å². The molecule has 1 fully saturated rings. The molecular weight excluding hydrogens is 498 g/mol. The lowest BCUT2D eigenvalue weighted by Crippen LogP contribution is -2.44. The number of hydrogen-bond acceptors (Lipinski definition) is 5. The van der Waals surface area contributed by atoms with Gasteiger partial charge in [-0.1, -0.05) is 33.6 Å². The smallest absolute Gasteiger partial charge is 0.421 e. The molecule has 32 heavy (non-hydrogen) atoms. The Morgan fingerprint density at radius 1 is 1.25 bits per heavy atom. The van der Waals surface area contributed by atoms with Crippen LogP contribution >= 0.6 is 27.5 Å². The molecule has 2 aromatic rings. The van der Waals surface area contributed by atoms with E-state index in [1.54, 1.807) is 57.2 Å². The van der Waals surface area contributed by atoms with Crippen molar-refractivity contribution in [3.63, 3.8) is 0 Å². The third kappa shape index (κ3) is 2.28. The number of imide groups is 1. The average Bonchev–Trinajstić information content (AvgIpc) is 3.08. The van der Waals surface area contributed by atoms with Gasteiger partial charge in [0.25, 0.3) is 0 Å². The summed E-state index contributed by atoms with van der Waals surface area (Å²) >= 11 is 9.92. The van der Waals surface area contributed by atoms with Crippen molar-refractivity contribution in [1.82, 2.24) is 0 Å². The van der Waals surface area contributed by atoms with Crippen LogP contribution in [0.4, 0.5) is 16.2 Å². The lowest BCUT2D eigenvalue weighted by molar-refractivity contribution is -0.124. The van der Waals surface area contributed by atoms with Gasteiger partial charge in [0.15, 0.2) is 0 Å². The fourth-order valence-electron chi connectivity index (χ4n) is 5.25. The minimum Gasteiger partial charge on any atom is -0.443 e. The molecule has 0 bridgehead atoms. The zero-order valence-corrected chi connectivity index (χ0v) is 19.7. The van der Waals surface area contributed by atoms with Gasteiger partial charge in [-0.05, 0) is 56.7 Å². The average molecular weight is 515 g/mol.